The minimum atomic E-state index is 0.654. The maximum absolute atomic E-state index is 4.75. The van der Waals surface area contributed by atoms with Crippen LogP contribution in [0.2, 0.25) is 0 Å². The highest BCUT2D eigenvalue weighted by Gasteiger charge is 2.21. The number of rotatable bonds is 4. The van der Waals surface area contributed by atoms with Crippen molar-refractivity contribution < 1.29 is 0 Å². The molecule has 2 aliphatic rings. The van der Waals surface area contributed by atoms with Gasteiger partial charge < -0.3 is 5.32 Å². The topological polar surface area (TPSA) is 29.9 Å². The van der Waals surface area contributed by atoms with Crippen molar-refractivity contribution in [2.75, 3.05) is 0 Å². The summed E-state index contributed by atoms with van der Waals surface area (Å²) in [5.74, 6) is 0. The van der Waals surface area contributed by atoms with E-state index in [-0.39, 0.29) is 0 Å². The van der Waals surface area contributed by atoms with Gasteiger partial charge in [-0.15, -0.1) is 0 Å². The van der Waals surface area contributed by atoms with E-state index in [2.05, 4.69) is 23.1 Å². The number of aryl methyl sites for hydroxylation is 1. The maximum Gasteiger partial charge on any atom is 0.0638 e. The average Bonchev–Trinajstić information content (AvgIpc) is 3.15. The second-order valence-electron chi connectivity index (χ2n) is 6.02. The Morgan fingerprint density at radius 1 is 1.17 bits per heavy atom. The fraction of sp³-hybridized carbons (Fsp3) is 0.800. The van der Waals surface area contributed by atoms with Crippen molar-refractivity contribution in [3.63, 3.8) is 0 Å². The molecule has 1 heterocycles. The molecule has 18 heavy (non-hydrogen) atoms. The Morgan fingerprint density at radius 3 is 2.56 bits per heavy atom. The van der Waals surface area contributed by atoms with Gasteiger partial charge >= 0.3 is 0 Å². The molecular formula is C15H25N3. The summed E-state index contributed by atoms with van der Waals surface area (Å²) in [7, 11) is 0. The van der Waals surface area contributed by atoms with Crippen LogP contribution in [0.4, 0.5) is 0 Å². The molecule has 0 amide bonds. The smallest absolute Gasteiger partial charge is 0.0638 e. The van der Waals surface area contributed by atoms with Crippen LogP contribution in [0, 0.1) is 6.92 Å². The van der Waals surface area contributed by atoms with E-state index in [4.69, 9.17) is 5.10 Å². The third-order valence-corrected chi connectivity index (χ3v) is 4.38. The van der Waals surface area contributed by atoms with E-state index < -0.39 is 0 Å². The Kier molecular flexibility index (Phi) is 3.69. The fourth-order valence-electron chi connectivity index (χ4n) is 2.94. The Labute approximate surface area is 110 Å². The first-order valence-electron chi connectivity index (χ1n) is 7.61. The molecule has 2 saturated carbocycles. The summed E-state index contributed by atoms with van der Waals surface area (Å²) in [6.07, 6.45) is 13.2. The molecule has 3 nitrogen and oxygen atoms in total. The molecule has 2 aliphatic carbocycles. The maximum atomic E-state index is 4.75. The first-order valence-corrected chi connectivity index (χ1v) is 7.61. The van der Waals surface area contributed by atoms with Crippen LogP contribution < -0.4 is 5.32 Å². The Bertz CT molecular complexity index is 384. The van der Waals surface area contributed by atoms with Gasteiger partial charge in [0.05, 0.1) is 11.7 Å². The van der Waals surface area contributed by atoms with Crippen LogP contribution in [0.3, 0.4) is 0 Å². The molecule has 1 N–H and O–H groups in total. The van der Waals surface area contributed by atoms with Crippen molar-refractivity contribution >= 4 is 0 Å². The monoisotopic (exact) mass is 247 g/mol. The van der Waals surface area contributed by atoms with Gasteiger partial charge in [-0.05, 0) is 32.6 Å². The molecule has 2 fully saturated rings. The van der Waals surface area contributed by atoms with Gasteiger partial charge in [0.1, 0.15) is 0 Å². The molecule has 100 valence electrons. The summed E-state index contributed by atoms with van der Waals surface area (Å²) >= 11 is 0. The van der Waals surface area contributed by atoms with E-state index in [1.54, 1.807) is 0 Å². The number of nitrogens with zero attached hydrogens (tertiary/aromatic N) is 2. The summed E-state index contributed by atoms with van der Waals surface area (Å²) < 4.78 is 2.25. The standard InChI is InChI=1S/C15H25N3/c1-12-13(10-16-14-8-9-14)11-18(17-12)15-6-4-2-3-5-7-15/h11,14-16H,2-10H2,1H3. The predicted molar refractivity (Wildman–Crippen MR) is 73.6 cm³/mol. The zero-order valence-corrected chi connectivity index (χ0v) is 11.5. The molecule has 0 saturated heterocycles. The molecule has 0 atom stereocenters. The molecule has 1 aromatic rings. The number of aromatic nitrogens is 2. The van der Waals surface area contributed by atoms with Crippen LogP contribution in [0.5, 0.6) is 0 Å². The van der Waals surface area contributed by atoms with Crippen molar-refractivity contribution in [2.45, 2.75) is 76.9 Å². The van der Waals surface area contributed by atoms with Gasteiger partial charge in [0.15, 0.2) is 0 Å². The molecule has 0 radical (unpaired) electrons. The zero-order chi connectivity index (χ0) is 12.4. The van der Waals surface area contributed by atoms with Crippen LogP contribution in [0.15, 0.2) is 6.20 Å². The van der Waals surface area contributed by atoms with Gasteiger partial charge in [0.2, 0.25) is 0 Å². The van der Waals surface area contributed by atoms with E-state index >= 15 is 0 Å². The van der Waals surface area contributed by atoms with Gasteiger partial charge in [-0.3, -0.25) is 4.68 Å². The SMILES string of the molecule is Cc1nn(C2CCCCCC2)cc1CNC1CC1. The molecular weight excluding hydrogens is 222 g/mol. The van der Waals surface area contributed by atoms with Crippen molar-refractivity contribution in [3.8, 4) is 0 Å². The molecule has 0 unspecified atom stereocenters. The Balaban J connectivity index is 1.65. The summed E-state index contributed by atoms with van der Waals surface area (Å²) in [6.45, 7) is 3.15. The summed E-state index contributed by atoms with van der Waals surface area (Å²) in [5, 5.41) is 8.34. The van der Waals surface area contributed by atoms with E-state index in [1.807, 2.05) is 0 Å². The normalized spacial score (nSPS) is 22.1. The fourth-order valence-corrected chi connectivity index (χ4v) is 2.94. The lowest BCUT2D eigenvalue weighted by molar-refractivity contribution is 0.404. The molecule has 3 rings (SSSR count). The van der Waals surface area contributed by atoms with Gasteiger partial charge in [0.25, 0.3) is 0 Å². The van der Waals surface area contributed by atoms with E-state index in [9.17, 15) is 0 Å². The lowest BCUT2D eigenvalue weighted by Gasteiger charge is -2.14. The minimum Gasteiger partial charge on any atom is -0.310 e. The summed E-state index contributed by atoms with van der Waals surface area (Å²) in [4.78, 5) is 0. The highest BCUT2D eigenvalue weighted by molar-refractivity contribution is 5.16. The van der Waals surface area contributed by atoms with Gasteiger partial charge in [-0.2, -0.15) is 5.10 Å². The first kappa shape index (κ1) is 12.2. The highest BCUT2D eigenvalue weighted by Crippen LogP contribution is 2.27. The average molecular weight is 247 g/mol. The minimum absolute atomic E-state index is 0.654. The zero-order valence-electron chi connectivity index (χ0n) is 11.5. The first-order chi connectivity index (χ1) is 8.83. The number of hydrogen-bond donors (Lipinski definition) is 1. The van der Waals surface area contributed by atoms with E-state index in [0.29, 0.717) is 6.04 Å². The third kappa shape index (κ3) is 2.94. The largest absolute Gasteiger partial charge is 0.310 e. The summed E-state index contributed by atoms with van der Waals surface area (Å²) in [5.41, 5.74) is 2.61. The van der Waals surface area contributed by atoms with Crippen LogP contribution in [-0.2, 0) is 6.54 Å². The van der Waals surface area contributed by atoms with Crippen LogP contribution in [-0.4, -0.2) is 15.8 Å². The third-order valence-electron chi connectivity index (χ3n) is 4.38. The molecule has 0 spiro atoms. The lowest BCUT2D eigenvalue weighted by atomic mass is 10.1. The van der Waals surface area contributed by atoms with Crippen LogP contribution in [0.25, 0.3) is 0 Å². The van der Waals surface area contributed by atoms with Crippen molar-refractivity contribution in [2.24, 2.45) is 0 Å². The molecule has 1 aromatic heterocycles. The van der Waals surface area contributed by atoms with Crippen LogP contribution >= 0.6 is 0 Å². The molecule has 0 aliphatic heterocycles. The number of nitrogens with one attached hydrogen (secondary N) is 1. The predicted octanol–water partition coefficient (Wildman–Crippen LogP) is 3.34. The second-order valence-corrected chi connectivity index (χ2v) is 6.02. The molecule has 0 aromatic carbocycles. The Hall–Kier alpha value is -0.830. The van der Waals surface area contributed by atoms with Crippen molar-refractivity contribution in [3.05, 3.63) is 17.5 Å². The van der Waals surface area contributed by atoms with Gasteiger partial charge in [0, 0.05) is 24.3 Å². The van der Waals surface area contributed by atoms with Gasteiger partial charge in [-0.1, -0.05) is 25.7 Å². The van der Waals surface area contributed by atoms with Crippen molar-refractivity contribution in [1.29, 1.82) is 0 Å². The molecule has 0 bridgehead atoms. The lowest BCUT2D eigenvalue weighted by Crippen LogP contribution is -2.15. The number of hydrogen-bond acceptors (Lipinski definition) is 2. The highest BCUT2D eigenvalue weighted by atomic mass is 15.3. The van der Waals surface area contributed by atoms with Crippen LogP contribution in [0.1, 0.15) is 68.7 Å². The van der Waals surface area contributed by atoms with E-state index in [1.165, 1.54) is 62.6 Å². The second kappa shape index (κ2) is 5.43. The van der Waals surface area contributed by atoms with Gasteiger partial charge in [-0.25, -0.2) is 0 Å². The Morgan fingerprint density at radius 2 is 1.89 bits per heavy atom. The summed E-state index contributed by atoms with van der Waals surface area (Å²) in [6, 6.07) is 1.44. The molecule has 3 heteroatoms. The quantitative estimate of drug-likeness (QED) is 0.827. The van der Waals surface area contributed by atoms with E-state index in [0.717, 1.165) is 12.6 Å². The van der Waals surface area contributed by atoms with Crippen molar-refractivity contribution in [1.82, 2.24) is 15.1 Å².